The molecule has 0 unspecified atom stereocenters. The summed E-state index contributed by atoms with van der Waals surface area (Å²) in [5, 5.41) is 2.40. The minimum Gasteiger partial charge on any atom is -0.456 e. The monoisotopic (exact) mass is 689 g/mol. The van der Waals surface area contributed by atoms with Crippen LogP contribution in [0.4, 0.5) is 17.1 Å². The molecule has 0 aromatic heterocycles. The number of hydrogen-bond donors (Lipinski definition) is 0. The van der Waals surface area contributed by atoms with E-state index in [0.29, 0.717) is 0 Å². The van der Waals surface area contributed by atoms with Crippen molar-refractivity contribution in [1.82, 2.24) is 0 Å². The number of para-hydroxylation sites is 2. The van der Waals surface area contributed by atoms with Gasteiger partial charge in [0.15, 0.2) is 0 Å². The zero-order valence-electron chi connectivity index (χ0n) is 29.6. The first-order valence-electron chi connectivity index (χ1n) is 18.4. The highest BCUT2D eigenvalue weighted by atomic mass is 16.5. The predicted octanol–water partition coefficient (Wildman–Crippen LogP) is 14.8. The van der Waals surface area contributed by atoms with E-state index in [1.165, 1.54) is 49.7 Å². The second-order valence-electron chi connectivity index (χ2n) is 13.7. The van der Waals surface area contributed by atoms with Gasteiger partial charge in [0.2, 0.25) is 0 Å². The molecule has 9 aromatic rings. The highest BCUT2D eigenvalue weighted by molar-refractivity contribution is 6.07. The molecule has 0 fully saturated rings. The molecule has 1 aliphatic rings. The Morgan fingerprint density at radius 3 is 1.44 bits per heavy atom. The Morgan fingerprint density at radius 1 is 0.296 bits per heavy atom. The molecule has 0 atom stereocenters. The number of fused-ring (bicyclic) bond motifs is 7. The van der Waals surface area contributed by atoms with Crippen LogP contribution in [0, 0.1) is 0 Å². The number of ether oxygens (including phenoxy) is 1. The third-order valence-electron chi connectivity index (χ3n) is 10.5. The highest BCUT2D eigenvalue weighted by Gasteiger charge is 2.22. The first kappa shape index (κ1) is 31.6. The summed E-state index contributed by atoms with van der Waals surface area (Å²) in [4.78, 5) is 2.35. The standard InChI is InChI=1S/C52H35NO/c1-3-12-36(13-4-1)38-22-28-43(29-23-38)53(44-30-24-39(25-31-44)37-14-5-2-6-15-37)45-17-11-16-40(35-45)41-26-32-46-42(34-41)27-33-48-47-18-7-9-20-50(47)54-51-21-10-8-19-49(51)52(46)48/h1-35H. The molecule has 0 aliphatic carbocycles. The van der Waals surface area contributed by atoms with Crippen molar-refractivity contribution in [3.05, 3.63) is 212 Å². The second-order valence-corrected chi connectivity index (χ2v) is 13.7. The zero-order chi connectivity index (χ0) is 35.8. The maximum atomic E-state index is 6.49. The van der Waals surface area contributed by atoms with E-state index in [9.17, 15) is 0 Å². The molecule has 0 N–H and O–H groups in total. The Hall–Kier alpha value is -7.16. The van der Waals surface area contributed by atoms with Crippen molar-refractivity contribution in [1.29, 1.82) is 0 Å². The quantitative estimate of drug-likeness (QED) is 0.172. The van der Waals surface area contributed by atoms with Crippen LogP contribution in [-0.4, -0.2) is 0 Å². The molecular formula is C52H35NO. The van der Waals surface area contributed by atoms with Crippen LogP contribution in [0.15, 0.2) is 212 Å². The average Bonchev–Trinajstić information content (AvgIpc) is 3.39. The van der Waals surface area contributed by atoms with Gasteiger partial charge in [-0.2, -0.15) is 0 Å². The van der Waals surface area contributed by atoms with Gasteiger partial charge in [0.25, 0.3) is 0 Å². The topological polar surface area (TPSA) is 12.5 Å². The SMILES string of the molecule is c1ccc(-c2ccc(N(c3ccc(-c4ccccc4)cc3)c3cccc(-c4ccc5c6c(ccc5c4)-c4ccccc4Oc4ccccc4-6)c3)cc2)cc1. The van der Waals surface area contributed by atoms with E-state index in [4.69, 9.17) is 4.74 Å². The van der Waals surface area contributed by atoms with Gasteiger partial charge in [-0.1, -0.05) is 158 Å². The Balaban J connectivity index is 1.07. The Labute approximate surface area is 315 Å². The Bertz CT molecular complexity index is 2690. The van der Waals surface area contributed by atoms with E-state index in [2.05, 4.69) is 205 Å². The van der Waals surface area contributed by atoms with Gasteiger partial charge >= 0.3 is 0 Å². The normalized spacial score (nSPS) is 11.5. The highest BCUT2D eigenvalue weighted by Crippen LogP contribution is 2.49. The fourth-order valence-corrected chi connectivity index (χ4v) is 7.82. The molecule has 254 valence electrons. The van der Waals surface area contributed by atoms with E-state index in [-0.39, 0.29) is 0 Å². The number of rotatable bonds is 6. The molecule has 0 amide bonds. The molecule has 0 saturated carbocycles. The van der Waals surface area contributed by atoms with Crippen LogP contribution in [0.5, 0.6) is 11.5 Å². The molecule has 0 spiro atoms. The molecule has 0 saturated heterocycles. The minimum atomic E-state index is 0.877. The summed E-state index contributed by atoms with van der Waals surface area (Å²) in [6.45, 7) is 0. The summed E-state index contributed by atoms with van der Waals surface area (Å²) in [7, 11) is 0. The molecule has 1 heterocycles. The molecular weight excluding hydrogens is 655 g/mol. The summed E-state index contributed by atoms with van der Waals surface area (Å²) in [5.74, 6) is 1.76. The Morgan fingerprint density at radius 2 is 0.796 bits per heavy atom. The third kappa shape index (κ3) is 5.71. The largest absolute Gasteiger partial charge is 0.456 e. The lowest BCUT2D eigenvalue weighted by atomic mass is 9.88. The van der Waals surface area contributed by atoms with Crippen LogP contribution < -0.4 is 9.64 Å². The second kappa shape index (κ2) is 13.4. The molecule has 2 nitrogen and oxygen atoms in total. The van der Waals surface area contributed by atoms with Crippen LogP contribution in [0.2, 0.25) is 0 Å². The maximum Gasteiger partial charge on any atom is 0.135 e. The van der Waals surface area contributed by atoms with Gasteiger partial charge in [-0.15, -0.1) is 0 Å². The molecule has 2 heteroatoms. The molecule has 0 radical (unpaired) electrons. The van der Waals surface area contributed by atoms with Gasteiger partial charge < -0.3 is 9.64 Å². The number of benzene rings is 9. The van der Waals surface area contributed by atoms with E-state index in [0.717, 1.165) is 45.3 Å². The van der Waals surface area contributed by atoms with Gasteiger partial charge in [0.1, 0.15) is 11.5 Å². The first-order valence-corrected chi connectivity index (χ1v) is 18.4. The van der Waals surface area contributed by atoms with Gasteiger partial charge in [-0.25, -0.2) is 0 Å². The van der Waals surface area contributed by atoms with Crippen LogP contribution in [-0.2, 0) is 0 Å². The van der Waals surface area contributed by atoms with Gasteiger partial charge in [0.05, 0.1) is 0 Å². The van der Waals surface area contributed by atoms with Gasteiger partial charge in [-0.3, -0.25) is 0 Å². The van der Waals surface area contributed by atoms with Crippen LogP contribution in [0.3, 0.4) is 0 Å². The van der Waals surface area contributed by atoms with Crippen LogP contribution in [0.25, 0.3) is 66.4 Å². The van der Waals surface area contributed by atoms with E-state index in [1.807, 2.05) is 12.1 Å². The summed E-state index contributed by atoms with van der Waals surface area (Å²) in [6.07, 6.45) is 0. The average molecular weight is 690 g/mol. The molecule has 54 heavy (non-hydrogen) atoms. The fourth-order valence-electron chi connectivity index (χ4n) is 7.82. The first-order chi connectivity index (χ1) is 26.8. The van der Waals surface area contributed by atoms with Crippen molar-refractivity contribution in [2.75, 3.05) is 4.90 Å². The third-order valence-corrected chi connectivity index (χ3v) is 10.5. The number of hydrogen-bond acceptors (Lipinski definition) is 2. The van der Waals surface area contributed by atoms with Crippen molar-refractivity contribution in [2.24, 2.45) is 0 Å². The smallest absolute Gasteiger partial charge is 0.135 e. The molecule has 9 aromatic carbocycles. The molecule has 10 rings (SSSR count). The van der Waals surface area contributed by atoms with Crippen molar-refractivity contribution in [3.63, 3.8) is 0 Å². The lowest BCUT2D eigenvalue weighted by Crippen LogP contribution is -2.10. The summed E-state index contributed by atoms with van der Waals surface area (Å²) in [5.41, 5.74) is 15.0. The van der Waals surface area contributed by atoms with Crippen LogP contribution >= 0.6 is 0 Å². The minimum absolute atomic E-state index is 0.877. The predicted molar refractivity (Wildman–Crippen MR) is 226 cm³/mol. The maximum absolute atomic E-state index is 6.49. The van der Waals surface area contributed by atoms with Gasteiger partial charge in [0, 0.05) is 33.8 Å². The van der Waals surface area contributed by atoms with Crippen LogP contribution in [0.1, 0.15) is 0 Å². The lowest BCUT2D eigenvalue weighted by Gasteiger charge is -2.26. The van der Waals surface area contributed by atoms with E-state index >= 15 is 0 Å². The van der Waals surface area contributed by atoms with Crippen molar-refractivity contribution < 1.29 is 4.74 Å². The number of nitrogens with zero attached hydrogens (tertiary/aromatic N) is 1. The summed E-state index contributed by atoms with van der Waals surface area (Å²) < 4.78 is 6.49. The summed E-state index contributed by atoms with van der Waals surface area (Å²) >= 11 is 0. The van der Waals surface area contributed by atoms with Crippen molar-refractivity contribution in [3.8, 4) is 67.1 Å². The zero-order valence-corrected chi connectivity index (χ0v) is 29.6. The molecule has 0 bridgehead atoms. The molecule has 1 aliphatic heterocycles. The number of anilines is 3. The van der Waals surface area contributed by atoms with Crippen molar-refractivity contribution in [2.45, 2.75) is 0 Å². The summed E-state index contributed by atoms with van der Waals surface area (Å²) in [6, 6.07) is 75.8. The lowest BCUT2D eigenvalue weighted by molar-refractivity contribution is 0.488. The van der Waals surface area contributed by atoms with E-state index < -0.39 is 0 Å². The fraction of sp³-hybridized carbons (Fsp3) is 0. The van der Waals surface area contributed by atoms with Gasteiger partial charge in [-0.05, 0) is 104 Å². The van der Waals surface area contributed by atoms with Crippen molar-refractivity contribution >= 4 is 27.8 Å². The van der Waals surface area contributed by atoms with E-state index in [1.54, 1.807) is 0 Å². The Kier molecular flexibility index (Phi) is 7.85.